The zero-order valence-corrected chi connectivity index (χ0v) is 31.6. The highest BCUT2D eigenvalue weighted by atomic mass is 32.2. The molecule has 0 amide bonds. The van der Waals surface area contributed by atoms with Crippen LogP contribution in [0.2, 0.25) is 0 Å². The van der Waals surface area contributed by atoms with Crippen molar-refractivity contribution in [2.45, 2.75) is 32.8 Å². The zero-order valence-electron chi connectivity index (χ0n) is 29.0. The van der Waals surface area contributed by atoms with E-state index in [1.165, 1.54) is 36.4 Å². The van der Waals surface area contributed by atoms with Crippen molar-refractivity contribution in [3.05, 3.63) is 157 Å². The smallest absolute Gasteiger partial charge is 0.497 e. The van der Waals surface area contributed by atoms with Crippen LogP contribution in [-0.4, -0.2) is 31.1 Å². The van der Waals surface area contributed by atoms with Crippen LogP contribution in [0.3, 0.4) is 0 Å². The number of sulfone groups is 2. The lowest BCUT2D eigenvalue weighted by atomic mass is 10.2. The van der Waals surface area contributed by atoms with Gasteiger partial charge < -0.3 is 18.9 Å². The maximum absolute atomic E-state index is 13.6. The van der Waals surface area contributed by atoms with Gasteiger partial charge in [-0.3, -0.25) is 0 Å². The average molecular weight is 786 g/mol. The molecule has 0 N–H and O–H groups in total. The normalized spacial score (nSPS) is 11.4. The lowest BCUT2D eigenvalue weighted by Crippen LogP contribution is -2.07. The van der Waals surface area contributed by atoms with E-state index in [9.17, 15) is 21.4 Å². The maximum atomic E-state index is 13.6. The standard InChI is InChI=1S/C40H34O11PS2/c1-46-31-11-15-33(16-12-31)50-35-19-23-37(24-20-35)53(42,43)39-9-5-3-7-29(39)27-48-52(41)49-28-30-8-4-6-10-40(30)54(44,45)38-25-21-36(22-26-38)51-34-17-13-32(47-2)14-18-34/h3-26H,27-28H2,1-2H3/q+1. The van der Waals surface area contributed by atoms with E-state index in [1.54, 1.807) is 123 Å². The molecule has 6 rings (SSSR count). The van der Waals surface area contributed by atoms with Gasteiger partial charge in [-0.05, 0) is 109 Å². The Hall–Kier alpha value is -5.56. The van der Waals surface area contributed by atoms with Gasteiger partial charge in [-0.15, -0.1) is 9.05 Å². The monoisotopic (exact) mass is 785 g/mol. The van der Waals surface area contributed by atoms with Crippen molar-refractivity contribution in [3.63, 3.8) is 0 Å². The van der Waals surface area contributed by atoms with Crippen molar-refractivity contribution in [3.8, 4) is 34.5 Å². The van der Waals surface area contributed by atoms with Crippen LogP contribution in [0.15, 0.2) is 165 Å². The Morgan fingerprint density at radius 2 is 0.722 bits per heavy atom. The molecule has 14 heteroatoms. The van der Waals surface area contributed by atoms with Crippen molar-refractivity contribution in [1.29, 1.82) is 0 Å². The van der Waals surface area contributed by atoms with E-state index in [2.05, 4.69) is 0 Å². The Balaban J connectivity index is 1.08. The molecule has 276 valence electrons. The molecule has 0 unspecified atom stereocenters. The summed E-state index contributed by atoms with van der Waals surface area (Å²) in [6, 6.07) is 38.2. The van der Waals surface area contributed by atoms with Gasteiger partial charge in [0, 0.05) is 15.7 Å². The van der Waals surface area contributed by atoms with E-state index >= 15 is 0 Å². The first-order valence-electron chi connectivity index (χ1n) is 16.3. The third kappa shape index (κ3) is 9.14. The first kappa shape index (κ1) is 38.2. The van der Waals surface area contributed by atoms with Gasteiger partial charge in [0.25, 0.3) is 0 Å². The molecule has 0 fully saturated rings. The molecule has 0 bridgehead atoms. The van der Waals surface area contributed by atoms with Crippen molar-refractivity contribution in [1.82, 2.24) is 0 Å². The Morgan fingerprint density at radius 3 is 1.06 bits per heavy atom. The van der Waals surface area contributed by atoms with Crippen molar-refractivity contribution < 1.29 is 49.4 Å². The van der Waals surface area contributed by atoms with Gasteiger partial charge in [0.2, 0.25) is 19.7 Å². The lowest BCUT2D eigenvalue weighted by Gasteiger charge is -2.11. The molecular formula is C40H34O11PS2+. The van der Waals surface area contributed by atoms with E-state index in [-0.39, 0.29) is 43.9 Å². The van der Waals surface area contributed by atoms with Gasteiger partial charge in [0.15, 0.2) is 0 Å². The van der Waals surface area contributed by atoms with E-state index < -0.39 is 27.9 Å². The van der Waals surface area contributed by atoms with Crippen molar-refractivity contribution in [2.75, 3.05) is 14.2 Å². The Morgan fingerprint density at radius 1 is 0.426 bits per heavy atom. The molecule has 11 nitrogen and oxygen atoms in total. The van der Waals surface area contributed by atoms with Crippen LogP contribution < -0.4 is 18.9 Å². The second-order valence-corrected chi connectivity index (χ2v) is 16.3. The molecule has 0 aliphatic carbocycles. The number of hydrogen-bond acceptors (Lipinski definition) is 11. The predicted molar refractivity (Wildman–Crippen MR) is 200 cm³/mol. The lowest BCUT2D eigenvalue weighted by molar-refractivity contribution is 0.210. The van der Waals surface area contributed by atoms with Gasteiger partial charge in [0.1, 0.15) is 47.7 Å². The molecule has 0 heterocycles. The second kappa shape index (κ2) is 17.1. The molecule has 6 aromatic rings. The van der Waals surface area contributed by atoms with E-state index in [0.717, 1.165) is 0 Å². The van der Waals surface area contributed by atoms with E-state index in [4.69, 9.17) is 28.0 Å². The molecule has 0 spiro atoms. The van der Waals surface area contributed by atoms with E-state index in [1.807, 2.05) is 0 Å². The minimum atomic E-state index is -4.01. The third-order valence-electron chi connectivity index (χ3n) is 8.03. The molecule has 0 aliphatic rings. The summed E-state index contributed by atoms with van der Waals surface area (Å²) >= 11 is 0. The molecular weight excluding hydrogens is 752 g/mol. The molecule has 0 aliphatic heterocycles. The molecule has 0 aromatic heterocycles. The highest BCUT2D eigenvalue weighted by molar-refractivity contribution is 7.91. The predicted octanol–water partition coefficient (Wildman–Crippen LogP) is 9.34. The SMILES string of the molecule is COc1ccc(Oc2ccc(S(=O)(=O)c3ccccc3CO[P+](=O)OCc3ccccc3S(=O)(=O)c3ccc(Oc4ccc(OC)cc4)cc3)cc2)cc1. The Bertz CT molecular complexity index is 2260. The van der Waals surface area contributed by atoms with Gasteiger partial charge in [-0.25, -0.2) is 16.8 Å². The Kier molecular flexibility index (Phi) is 12.1. The van der Waals surface area contributed by atoms with Gasteiger partial charge in [0.05, 0.1) is 33.8 Å². The topological polar surface area (TPSA) is 141 Å². The fourth-order valence-corrected chi connectivity index (χ4v) is 8.76. The van der Waals surface area contributed by atoms with Crippen molar-refractivity contribution in [2.24, 2.45) is 0 Å². The summed E-state index contributed by atoms with van der Waals surface area (Å²) in [5.41, 5.74) is 0.510. The maximum Gasteiger partial charge on any atom is 0.698 e. The summed E-state index contributed by atoms with van der Waals surface area (Å²) in [7, 11) is -7.67. The fourth-order valence-electron chi connectivity index (χ4n) is 5.24. The summed E-state index contributed by atoms with van der Waals surface area (Å²) in [6.45, 7) is -0.706. The summed E-state index contributed by atoms with van der Waals surface area (Å²) < 4.78 is 100. The van der Waals surface area contributed by atoms with Crippen LogP contribution in [0.25, 0.3) is 0 Å². The number of methoxy groups -OCH3 is 2. The van der Waals surface area contributed by atoms with Crippen LogP contribution in [0.4, 0.5) is 0 Å². The molecule has 0 saturated heterocycles. The van der Waals surface area contributed by atoms with Gasteiger partial charge >= 0.3 is 8.25 Å². The quantitative estimate of drug-likeness (QED) is 0.0867. The number of benzene rings is 6. The van der Waals surface area contributed by atoms with Crippen LogP contribution >= 0.6 is 8.25 Å². The molecule has 0 atom stereocenters. The third-order valence-corrected chi connectivity index (χ3v) is 12.5. The first-order chi connectivity index (χ1) is 26.1. The van der Waals surface area contributed by atoms with Crippen LogP contribution in [0.1, 0.15) is 11.1 Å². The average Bonchev–Trinajstić information content (AvgIpc) is 3.20. The van der Waals surface area contributed by atoms with Gasteiger partial charge in [-0.2, -0.15) is 0 Å². The molecule has 6 aromatic carbocycles. The minimum absolute atomic E-state index is 0.0230. The number of hydrogen-bond donors (Lipinski definition) is 0. The largest absolute Gasteiger partial charge is 0.698 e. The summed E-state index contributed by atoms with van der Waals surface area (Å²) in [5, 5.41) is 0. The molecule has 54 heavy (non-hydrogen) atoms. The van der Waals surface area contributed by atoms with Gasteiger partial charge in [-0.1, -0.05) is 36.4 Å². The summed E-state index contributed by atoms with van der Waals surface area (Å²) in [5.74, 6) is 3.33. The minimum Gasteiger partial charge on any atom is -0.497 e. The zero-order chi connectivity index (χ0) is 38.1. The molecule has 0 saturated carbocycles. The van der Waals surface area contributed by atoms with E-state index in [0.29, 0.717) is 34.5 Å². The molecule has 0 radical (unpaired) electrons. The highest BCUT2D eigenvalue weighted by Gasteiger charge is 2.28. The van der Waals surface area contributed by atoms with Crippen LogP contribution in [0, 0.1) is 0 Å². The number of rotatable bonds is 16. The first-order valence-corrected chi connectivity index (χ1v) is 20.4. The van der Waals surface area contributed by atoms with Crippen LogP contribution in [-0.2, 0) is 46.5 Å². The fraction of sp³-hybridized carbons (Fsp3) is 0.100. The van der Waals surface area contributed by atoms with Crippen LogP contribution in [0.5, 0.6) is 34.5 Å². The second-order valence-electron chi connectivity index (χ2n) is 11.5. The Labute approximate surface area is 314 Å². The van der Waals surface area contributed by atoms with Crippen molar-refractivity contribution >= 4 is 27.9 Å². The highest BCUT2D eigenvalue weighted by Crippen LogP contribution is 2.34. The summed E-state index contributed by atoms with van der Waals surface area (Å²) in [4.78, 5) is -0.0204. The number of ether oxygens (including phenoxy) is 4. The summed E-state index contributed by atoms with van der Waals surface area (Å²) in [6.07, 6.45) is 0.